The summed E-state index contributed by atoms with van der Waals surface area (Å²) in [6.07, 6.45) is 2.24. The van der Waals surface area contributed by atoms with Crippen molar-refractivity contribution in [2.45, 2.75) is 19.8 Å². The summed E-state index contributed by atoms with van der Waals surface area (Å²) in [7, 11) is 1.70. The lowest BCUT2D eigenvalue weighted by Gasteiger charge is -2.07. The topological polar surface area (TPSA) is 66.0 Å². The van der Waals surface area contributed by atoms with Crippen molar-refractivity contribution in [2.24, 2.45) is 0 Å². The standard InChI is InChI=1S/C13H27NO5/c1-3-4-5-16-6-7-17-8-9-18-10-11-19-13(15)12-14-2/h14H,3-12H2,1-2H3. The van der Waals surface area contributed by atoms with Crippen LogP contribution in [0.2, 0.25) is 0 Å². The quantitative estimate of drug-likeness (QED) is 0.370. The highest BCUT2D eigenvalue weighted by Gasteiger charge is 1.99. The third-order valence-electron chi connectivity index (χ3n) is 2.20. The van der Waals surface area contributed by atoms with Gasteiger partial charge in [0.1, 0.15) is 6.61 Å². The summed E-state index contributed by atoms with van der Waals surface area (Å²) in [5, 5.41) is 2.71. The molecule has 6 nitrogen and oxygen atoms in total. The fourth-order valence-corrected chi connectivity index (χ4v) is 1.20. The molecule has 0 aromatic rings. The summed E-state index contributed by atoms with van der Waals surface area (Å²) in [6.45, 7) is 6.07. The van der Waals surface area contributed by atoms with E-state index in [0.717, 1.165) is 19.4 Å². The molecule has 0 bridgehead atoms. The number of carbonyl (C=O) groups excluding carboxylic acids is 1. The van der Waals surface area contributed by atoms with Gasteiger partial charge in [0.05, 0.1) is 39.6 Å². The van der Waals surface area contributed by atoms with Crippen molar-refractivity contribution in [1.82, 2.24) is 5.32 Å². The Hall–Kier alpha value is -0.690. The molecule has 0 saturated heterocycles. The zero-order valence-electron chi connectivity index (χ0n) is 12.1. The molecule has 0 saturated carbocycles. The number of likely N-dealkylation sites (N-methyl/N-ethyl adjacent to an activating group) is 1. The average Bonchev–Trinajstić information content (AvgIpc) is 2.40. The fraction of sp³-hybridized carbons (Fsp3) is 0.923. The van der Waals surface area contributed by atoms with Gasteiger partial charge in [-0.25, -0.2) is 0 Å². The number of hydrogen-bond donors (Lipinski definition) is 1. The predicted octanol–water partition coefficient (Wildman–Crippen LogP) is 0.599. The first-order valence-electron chi connectivity index (χ1n) is 6.84. The Morgan fingerprint density at radius 2 is 1.42 bits per heavy atom. The van der Waals surface area contributed by atoms with Crippen molar-refractivity contribution in [3.63, 3.8) is 0 Å². The van der Waals surface area contributed by atoms with E-state index in [9.17, 15) is 4.79 Å². The molecule has 0 amide bonds. The minimum atomic E-state index is -0.272. The number of unbranched alkanes of at least 4 members (excludes halogenated alkanes) is 1. The summed E-state index contributed by atoms with van der Waals surface area (Å²) in [6, 6.07) is 0. The lowest BCUT2D eigenvalue weighted by atomic mass is 10.4. The van der Waals surface area contributed by atoms with Gasteiger partial charge in [-0.1, -0.05) is 13.3 Å². The second kappa shape index (κ2) is 15.4. The molecule has 0 atom stereocenters. The first-order valence-corrected chi connectivity index (χ1v) is 6.84. The molecule has 0 aliphatic heterocycles. The highest BCUT2D eigenvalue weighted by Crippen LogP contribution is 1.88. The van der Waals surface area contributed by atoms with E-state index in [1.807, 2.05) is 0 Å². The minimum Gasteiger partial charge on any atom is -0.462 e. The molecule has 0 spiro atoms. The van der Waals surface area contributed by atoms with Crippen LogP contribution in [0.15, 0.2) is 0 Å². The van der Waals surface area contributed by atoms with Gasteiger partial charge in [-0.15, -0.1) is 0 Å². The maximum absolute atomic E-state index is 10.9. The lowest BCUT2D eigenvalue weighted by Crippen LogP contribution is -2.22. The fourth-order valence-electron chi connectivity index (χ4n) is 1.20. The second-order valence-electron chi connectivity index (χ2n) is 3.94. The van der Waals surface area contributed by atoms with Crippen molar-refractivity contribution >= 4 is 5.97 Å². The molecule has 0 unspecified atom stereocenters. The maximum atomic E-state index is 10.9. The average molecular weight is 277 g/mol. The summed E-state index contributed by atoms with van der Waals surface area (Å²) in [5.74, 6) is -0.272. The SMILES string of the molecule is CCCCOCCOCCOCCOC(=O)CNC. The van der Waals surface area contributed by atoms with Crippen molar-refractivity contribution in [1.29, 1.82) is 0 Å². The van der Waals surface area contributed by atoms with Crippen LogP contribution in [0, 0.1) is 0 Å². The Kier molecular flexibility index (Phi) is 14.8. The highest BCUT2D eigenvalue weighted by atomic mass is 16.6. The molecule has 0 rings (SSSR count). The number of carbonyl (C=O) groups is 1. The van der Waals surface area contributed by atoms with Crippen LogP contribution < -0.4 is 5.32 Å². The van der Waals surface area contributed by atoms with Crippen LogP contribution in [0.1, 0.15) is 19.8 Å². The molecule has 19 heavy (non-hydrogen) atoms. The van der Waals surface area contributed by atoms with Crippen LogP contribution in [-0.2, 0) is 23.7 Å². The van der Waals surface area contributed by atoms with Gasteiger partial charge in [-0.05, 0) is 13.5 Å². The molecule has 0 aromatic carbocycles. The van der Waals surface area contributed by atoms with Gasteiger partial charge >= 0.3 is 5.97 Å². The van der Waals surface area contributed by atoms with Crippen LogP contribution in [0.5, 0.6) is 0 Å². The maximum Gasteiger partial charge on any atom is 0.319 e. The van der Waals surface area contributed by atoms with Crippen LogP contribution in [0.25, 0.3) is 0 Å². The van der Waals surface area contributed by atoms with Crippen LogP contribution in [0.3, 0.4) is 0 Å². The summed E-state index contributed by atoms with van der Waals surface area (Å²) in [4.78, 5) is 10.9. The van der Waals surface area contributed by atoms with E-state index in [0.29, 0.717) is 33.0 Å². The number of rotatable bonds is 14. The molecule has 0 heterocycles. The lowest BCUT2D eigenvalue weighted by molar-refractivity contribution is -0.144. The molecule has 0 aliphatic rings. The first kappa shape index (κ1) is 18.3. The van der Waals surface area contributed by atoms with E-state index in [-0.39, 0.29) is 19.1 Å². The molecule has 1 N–H and O–H groups in total. The van der Waals surface area contributed by atoms with E-state index in [1.54, 1.807) is 7.05 Å². The smallest absolute Gasteiger partial charge is 0.319 e. The third kappa shape index (κ3) is 15.3. The largest absolute Gasteiger partial charge is 0.462 e. The summed E-state index contributed by atoms with van der Waals surface area (Å²) >= 11 is 0. The minimum absolute atomic E-state index is 0.223. The Labute approximate surface area is 115 Å². The summed E-state index contributed by atoms with van der Waals surface area (Å²) < 4.78 is 20.8. The number of esters is 1. The van der Waals surface area contributed by atoms with Crippen molar-refractivity contribution in [3.8, 4) is 0 Å². The van der Waals surface area contributed by atoms with E-state index < -0.39 is 0 Å². The zero-order valence-corrected chi connectivity index (χ0v) is 12.1. The molecule has 0 aromatic heterocycles. The van der Waals surface area contributed by atoms with E-state index in [4.69, 9.17) is 18.9 Å². The second-order valence-corrected chi connectivity index (χ2v) is 3.94. The molecule has 114 valence electrons. The molecule has 6 heteroatoms. The molecular formula is C13H27NO5. The monoisotopic (exact) mass is 277 g/mol. The molecule has 0 fully saturated rings. The zero-order chi connectivity index (χ0) is 14.2. The van der Waals surface area contributed by atoms with Crippen LogP contribution in [-0.4, -0.2) is 65.8 Å². The van der Waals surface area contributed by atoms with Gasteiger partial charge in [0.25, 0.3) is 0 Å². The van der Waals surface area contributed by atoms with E-state index in [1.165, 1.54) is 0 Å². The Morgan fingerprint density at radius 1 is 0.895 bits per heavy atom. The van der Waals surface area contributed by atoms with Gasteiger partial charge < -0.3 is 24.3 Å². The van der Waals surface area contributed by atoms with Gasteiger partial charge in [-0.2, -0.15) is 0 Å². The van der Waals surface area contributed by atoms with Gasteiger partial charge in [0.2, 0.25) is 0 Å². The Balaban J connectivity index is 3.01. The molecule has 0 aliphatic carbocycles. The van der Waals surface area contributed by atoms with Crippen LogP contribution in [0.4, 0.5) is 0 Å². The first-order chi connectivity index (χ1) is 9.31. The Bertz CT molecular complexity index is 201. The van der Waals surface area contributed by atoms with Gasteiger partial charge in [0.15, 0.2) is 0 Å². The summed E-state index contributed by atoms with van der Waals surface area (Å²) in [5.41, 5.74) is 0. The van der Waals surface area contributed by atoms with Crippen molar-refractivity contribution in [2.75, 3.05) is 59.8 Å². The van der Waals surface area contributed by atoms with Crippen molar-refractivity contribution in [3.05, 3.63) is 0 Å². The Morgan fingerprint density at radius 3 is 1.95 bits per heavy atom. The molecular weight excluding hydrogens is 250 g/mol. The predicted molar refractivity (Wildman–Crippen MR) is 72.3 cm³/mol. The van der Waals surface area contributed by atoms with E-state index >= 15 is 0 Å². The number of ether oxygens (including phenoxy) is 4. The van der Waals surface area contributed by atoms with Gasteiger partial charge in [-0.3, -0.25) is 4.79 Å². The number of nitrogens with one attached hydrogen (secondary N) is 1. The van der Waals surface area contributed by atoms with E-state index in [2.05, 4.69) is 12.2 Å². The highest BCUT2D eigenvalue weighted by molar-refractivity contribution is 5.71. The third-order valence-corrected chi connectivity index (χ3v) is 2.20. The normalized spacial score (nSPS) is 10.6. The van der Waals surface area contributed by atoms with Crippen molar-refractivity contribution < 1.29 is 23.7 Å². The number of hydrogen-bond acceptors (Lipinski definition) is 6. The van der Waals surface area contributed by atoms with Gasteiger partial charge in [0, 0.05) is 6.61 Å². The van der Waals surface area contributed by atoms with Crippen LogP contribution >= 0.6 is 0 Å². The molecule has 0 radical (unpaired) electrons.